The van der Waals surface area contributed by atoms with Gasteiger partial charge in [-0.1, -0.05) is 35.3 Å². The van der Waals surface area contributed by atoms with Gasteiger partial charge in [-0.15, -0.1) is 10.2 Å². The number of hydrogen-bond acceptors (Lipinski definition) is 3. The zero-order valence-corrected chi connectivity index (χ0v) is 12.1. The Bertz CT molecular complexity index is 754. The van der Waals surface area contributed by atoms with Gasteiger partial charge < -0.3 is 0 Å². The van der Waals surface area contributed by atoms with Gasteiger partial charge in [0.1, 0.15) is 18.5 Å². The molecule has 0 aliphatic heterocycles. The van der Waals surface area contributed by atoms with Crippen LogP contribution < -0.4 is 0 Å². The van der Waals surface area contributed by atoms with E-state index in [4.69, 9.17) is 23.2 Å². The molecule has 4 nitrogen and oxygen atoms in total. The number of aryl methyl sites for hydroxylation is 1. The highest BCUT2D eigenvalue weighted by Gasteiger charge is 2.13. The van der Waals surface area contributed by atoms with Crippen molar-refractivity contribution in [2.75, 3.05) is 0 Å². The minimum atomic E-state index is 0.510. The van der Waals surface area contributed by atoms with Gasteiger partial charge in [-0.25, -0.2) is 4.98 Å². The molecule has 20 heavy (non-hydrogen) atoms. The summed E-state index contributed by atoms with van der Waals surface area (Å²) in [4.78, 5) is 4.45. The van der Waals surface area contributed by atoms with Crippen LogP contribution in [0.4, 0.5) is 0 Å². The summed E-state index contributed by atoms with van der Waals surface area (Å²) in [5.41, 5.74) is 2.75. The first kappa shape index (κ1) is 13.1. The minimum absolute atomic E-state index is 0.510. The summed E-state index contributed by atoms with van der Waals surface area (Å²) in [6.45, 7) is 1.98. The lowest BCUT2D eigenvalue weighted by Crippen LogP contribution is -1.99. The average molecular weight is 305 g/mol. The molecule has 2 heterocycles. The first-order chi connectivity index (χ1) is 9.66. The van der Waals surface area contributed by atoms with Crippen molar-refractivity contribution in [1.29, 1.82) is 0 Å². The van der Waals surface area contributed by atoms with E-state index in [2.05, 4.69) is 15.2 Å². The number of rotatable bonds is 2. The lowest BCUT2D eigenvalue weighted by molar-refractivity contribution is 0.989. The first-order valence-corrected chi connectivity index (χ1v) is 6.68. The van der Waals surface area contributed by atoms with Crippen LogP contribution in [0.1, 0.15) is 5.56 Å². The zero-order valence-electron chi connectivity index (χ0n) is 10.6. The van der Waals surface area contributed by atoms with Gasteiger partial charge in [-0.3, -0.25) is 4.57 Å². The number of benzene rings is 1. The van der Waals surface area contributed by atoms with Crippen LogP contribution in [0.25, 0.3) is 16.9 Å². The molecule has 0 fully saturated rings. The van der Waals surface area contributed by atoms with Crippen LogP contribution in [-0.2, 0) is 0 Å². The second-order valence-electron chi connectivity index (χ2n) is 4.35. The SMILES string of the molecule is Cc1cnc(-n2cnnc2)c(-c2cccc(Cl)c2Cl)c1. The molecule has 2 aromatic heterocycles. The van der Waals surface area contributed by atoms with Crippen molar-refractivity contribution in [2.45, 2.75) is 6.92 Å². The van der Waals surface area contributed by atoms with Crippen LogP contribution >= 0.6 is 23.2 Å². The fourth-order valence-corrected chi connectivity index (χ4v) is 2.39. The van der Waals surface area contributed by atoms with Gasteiger partial charge in [0.05, 0.1) is 10.0 Å². The third-order valence-electron chi connectivity index (χ3n) is 2.91. The second kappa shape index (κ2) is 5.23. The van der Waals surface area contributed by atoms with Gasteiger partial charge in [0.25, 0.3) is 0 Å². The smallest absolute Gasteiger partial charge is 0.147 e. The van der Waals surface area contributed by atoms with Crippen molar-refractivity contribution in [3.8, 4) is 16.9 Å². The molecule has 0 spiro atoms. The summed E-state index contributed by atoms with van der Waals surface area (Å²) >= 11 is 12.4. The van der Waals surface area contributed by atoms with Crippen molar-refractivity contribution < 1.29 is 0 Å². The molecule has 3 rings (SSSR count). The van der Waals surface area contributed by atoms with Crippen molar-refractivity contribution in [1.82, 2.24) is 19.7 Å². The van der Waals surface area contributed by atoms with E-state index in [0.29, 0.717) is 15.9 Å². The van der Waals surface area contributed by atoms with Crippen LogP contribution in [-0.4, -0.2) is 19.7 Å². The molecule has 100 valence electrons. The Balaban J connectivity index is 2.27. The molecule has 0 N–H and O–H groups in total. The van der Waals surface area contributed by atoms with Gasteiger partial charge in [-0.05, 0) is 24.6 Å². The van der Waals surface area contributed by atoms with Crippen LogP contribution in [0.2, 0.25) is 10.0 Å². The Morgan fingerprint density at radius 2 is 1.80 bits per heavy atom. The minimum Gasteiger partial charge on any atom is -0.271 e. The number of nitrogens with zero attached hydrogens (tertiary/aromatic N) is 4. The highest BCUT2D eigenvalue weighted by atomic mass is 35.5. The van der Waals surface area contributed by atoms with Crippen LogP contribution in [0.3, 0.4) is 0 Å². The maximum absolute atomic E-state index is 6.31. The van der Waals surface area contributed by atoms with Gasteiger partial charge in [0, 0.05) is 17.3 Å². The van der Waals surface area contributed by atoms with Crippen molar-refractivity contribution in [3.05, 3.63) is 58.7 Å². The molecular weight excluding hydrogens is 295 g/mol. The van der Waals surface area contributed by atoms with Crippen molar-refractivity contribution in [3.63, 3.8) is 0 Å². The highest BCUT2D eigenvalue weighted by molar-refractivity contribution is 6.43. The van der Waals surface area contributed by atoms with Gasteiger partial charge in [-0.2, -0.15) is 0 Å². The van der Waals surface area contributed by atoms with E-state index in [9.17, 15) is 0 Å². The molecule has 3 aromatic rings. The molecule has 0 radical (unpaired) electrons. The van der Waals surface area contributed by atoms with E-state index >= 15 is 0 Å². The van der Waals surface area contributed by atoms with Crippen LogP contribution in [0.5, 0.6) is 0 Å². The Morgan fingerprint density at radius 3 is 2.55 bits per heavy atom. The van der Waals surface area contributed by atoms with Gasteiger partial charge in [0.2, 0.25) is 0 Å². The van der Waals surface area contributed by atoms with Crippen molar-refractivity contribution in [2.24, 2.45) is 0 Å². The maximum atomic E-state index is 6.31. The van der Waals surface area contributed by atoms with E-state index < -0.39 is 0 Å². The quantitative estimate of drug-likeness (QED) is 0.720. The first-order valence-electron chi connectivity index (χ1n) is 5.93. The standard InChI is InChI=1S/C14H10Cl2N4/c1-9-5-11(10-3-2-4-12(15)13(10)16)14(17-6-9)20-7-18-19-8-20/h2-8H,1H3. The van der Waals surface area contributed by atoms with Crippen molar-refractivity contribution >= 4 is 23.2 Å². The summed E-state index contributed by atoms with van der Waals surface area (Å²) in [5.74, 6) is 0.713. The predicted octanol–water partition coefficient (Wildman–Crippen LogP) is 3.94. The summed E-state index contributed by atoms with van der Waals surface area (Å²) in [6, 6.07) is 7.55. The Kier molecular flexibility index (Phi) is 3.42. The Morgan fingerprint density at radius 1 is 1.05 bits per heavy atom. The normalized spacial score (nSPS) is 10.8. The fourth-order valence-electron chi connectivity index (χ4n) is 1.99. The van der Waals surface area contributed by atoms with Crippen LogP contribution in [0.15, 0.2) is 43.1 Å². The molecule has 0 bridgehead atoms. The number of pyridine rings is 1. The molecule has 0 aliphatic rings. The largest absolute Gasteiger partial charge is 0.271 e. The average Bonchev–Trinajstić information content (AvgIpc) is 2.96. The summed E-state index contributed by atoms with van der Waals surface area (Å²) in [6.07, 6.45) is 4.98. The number of halogens is 2. The van der Waals surface area contributed by atoms with Crippen LogP contribution in [0, 0.1) is 6.92 Å². The maximum Gasteiger partial charge on any atom is 0.147 e. The zero-order chi connectivity index (χ0) is 14.1. The summed E-state index contributed by atoms with van der Waals surface area (Å²) < 4.78 is 1.74. The lowest BCUT2D eigenvalue weighted by atomic mass is 10.0. The van der Waals surface area contributed by atoms with E-state index in [-0.39, 0.29) is 0 Å². The van der Waals surface area contributed by atoms with E-state index in [0.717, 1.165) is 16.7 Å². The molecular formula is C14H10Cl2N4. The molecule has 6 heteroatoms. The third-order valence-corrected chi connectivity index (χ3v) is 3.73. The van der Waals surface area contributed by atoms with E-state index in [1.165, 1.54) is 0 Å². The Hall–Kier alpha value is -1.91. The predicted molar refractivity (Wildman–Crippen MR) is 79.3 cm³/mol. The molecule has 0 saturated heterocycles. The molecule has 0 aliphatic carbocycles. The summed E-state index contributed by atoms with van der Waals surface area (Å²) in [7, 11) is 0. The molecule has 0 saturated carbocycles. The second-order valence-corrected chi connectivity index (χ2v) is 5.14. The highest BCUT2D eigenvalue weighted by Crippen LogP contribution is 2.36. The molecule has 1 aromatic carbocycles. The number of hydrogen-bond donors (Lipinski definition) is 0. The van der Waals surface area contributed by atoms with E-state index in [1.54, 1.807) is 29.5 Å². The molecule has 0 unspecified atom stereocenters. The fraction of sp³-hybridized carbons (Fsp3) is 0.0714. The lowest BCUT2D eigenvalue weighted by Gasteiger charge is -2.12. The molecule has 0 amide bonds. The molecule has 0 atom stereocenters. The summed E-state index contributed by atoms with van der Waals surface area (Å²) in [5, 5.41) is 8.64. The third kappa shape index (κ3) is 2.28. The topological polar surface area (TPSA) is 43.6 Å². The van der Waals surface area contributed by atoms with Gasteiger partial charge in [0.15, 0.2) is 0 Å². The monoisotopic (exact) mass is 304 g/mol. The Labute approximate surface area is 126 Å². The van der Waals surface area contributed by atoms with Gasteiger partial charge >= 0.3 is 0 Å². The van der Waals surface area contributed by atoms with E-state index in [1.807, 2.05) is 25.1 Å². The number of aromatic nitrogens is 4.